The predicted molar refractivity (Wildman–Crippen MR) is 66.2 cm³/mol. The molecule has 0 fully saturated rings. The quantitative estimate of drug-likeness (QED) is 0.699. The Balaban J connectivity index is 0. The minimum Gasteiger partial charge on any atom is -0.481 e. The zero-order chi connectivity index (χ0) is 16.5. The Bertz CT molecular complexity index is 346. The van der Waals surface area contributed by atoms with Crippen molar-refractivity contribution in [1.29, 1.82) is 0 Å². The van der Waals surface area contributed by atoms with Gasteiger partial charge in [-0.05, 0) is 12.3 Å². The molecule has 1 atom stereocenters. The first kappa shape index (κ1) is 21.0. The topological polar surface area (TPSA) is 118 Å². The second-order valence-corrected chi connectivity index (χ2v) is 5.02. The van der Waals surface area contributed by atoms with E-state index in [9.17, 15) is 22.8 Å². The van der Waals surface area contributed by atoms with Gasteiger partial charge in [-0.2, -0.15) is 13.2 Å². The van der Waals surface area contributed by atoms with Crippen molar-refractivity contribution in [3.05, 3.63) is 0 Å². The maximum atomic E-state index is 11.2. The molecule has 6 nitrogen and oxygen atoms in total. The van der Waals surface area contributed by atoms with E-state index < -0.39 is 24.2 Å². The normalized spacial score (nSPS) is 12.3. The van der Waals surface area contributed by atoms with Crippen LogP contribution < -0.4 is 5.73 Å². The number of carbonyl (C=O) groups is 3. The molecule has 0 aromatic heterocycles. The first-order chi connectivity index (χ1) is 8.87. The van der Waals surface area contributed by atoms with Gasteiger partial charge in [-0.1, -0.05) is 25.6 Å². The summed E-state index contributed by atoms with van der Waals surface area (Å²) in [5.41, 5.74) is 5.54. The second-order valence-electron chi connectivity index (χ2n) is 4.04. The number of hydrogen-bond donors (Lipinski definition) is 3. The average molecular weight is 319 g/mol. The zero-order valence-electron chi connectivity index (χ0n) is 10.8. The lowest BCUT2D eigenvalue weighted by Crippen LogP contribution is -2.30. The van der Waals surface area contributed by atoms with Gasteiger partial charge < -0.3 is 15.9 Å². The van der Waals surface area contributed by atoms with Gasteiger partial charge in [-0.3, -0.25) is 9.59 Å². The summed E-state index contributed by atoms with van der Waals surface area (Å²) in [7, 11) is 0. The molecule has 0 rings (SSSR count). The fourth-order valence-corrected chi connectivity index (χ4v) is 1.42. The molecule has 0 bridgehead atoms. The van der Waals surface area contributed by atoms with E-state index in [2.05, 4.69) is 0 Å². The van der Waals surface area contributed by atoms with Gasteiger partial charge in [0.05, 0.1) is 11.8 Å². The Morgan fingerprint density at radius 1 is 1.20 bits per heavy atom. The molecule has 0 aliphatic heterocycles. The van der Waals surface area contributed by atoms with Crippen LogP contribution in [0.2, 0.25) is 0 Å². The number of carboxylic acids is 2. The van der Waals surface area contributed by atoms with Crippen LogP contribution in [0.3, 0.4) is 0 Å². The van der Waals surface area contributed by atoms with E-state index in [0.29, 0.717) is 12.3 Å². The summed E-state index contributed by atoms with van der Waals surface area (Å²) in [6.45, 7) is 3.93. The van der Waals surface area contributed by atoms with Crippen molar-refractivity contribution in [2.45, 2.75) is 32.5 Å². The van der Waals surface area contributed by atoms with Crippen molar-refractivity contribution < 1.29 is 37.8 Å². The summed E-state index contributed by atoms with van der Waals surface area (Å²) in [5, 5.41) is 15.2. The highest BCUT2D eigenvalue weighted by Crippen LogP contribution is 2.13. The maximum Gasteiger partial charge on any atom is 0.490 e. The molecule has 4 N–H and O–H groups in total. The number of nitrogens with two attached hydrogens (primary N) is 1. The fraction of sp³-hybridized carbons (Fsp3) is 0.700. The van der Waals surface area contributed by atoms with Crippen molar-refractivity contribution in [3.8, 4) is 0 Å². The molecule has 10 heteroatoms. The van der Waals surface area contributed by atoms with E-state index >= 15 is 0 Å². The highest BCUT2D eigenvalue weighted by atomic mass is 32.2. The van der Waals surface area contributed by atoms with E-state index in [1.807, 2.05) is 13.8 Å². The van der Waals surface area contributed by atoms with E-state index in [4.69, 9.17) is 20.7 Å². The summed E-state index contributed by atoms with van der Waals surface area (Å²) in [5.74, 6) is -3.60. The largest absolute Gasteiger partial charge is 0.490 e. The van der Waals surface area contributed by atoms with Crippen molar-refractivity contribution in [1.82, 2.24) is 0 Å². The molecule has 0 aliphatic rings. The van der Waals surface area contributed by atoms with Gasteiger partial charge in [0, 0.05) is 0 Å². The van der Waals surface area contributed by atoms with E-state index in [1.165, 1.54) is 0 Å². The van der Waals surface area contributed by atoms with Crippen molar-refractivity contribution in [2.24, 2.45) is 11.7 Å². The van der Waals surface area contributed by atoms with E-state index in [-0.39, 0.29) is 10.9 Å². The van der Waals surface area contributed by atoms with Gasteiger partial charge in [-0.15, -0.1) is 0 Å². The van der Waals surface area contributed by atoms with Gasteiger partial charge in [0.1, 0.15) is 0 Å². The number of thioether (sulfide) groups is 1. The molecular weight excluding hydrogens is 303 g/mol. The highest BCUT2D eigenvalue weighted by Gasteiger charge is 2.38. The van der Waals surface area contributed by atoms with Gasteiger partial charge in [-0.25, -0.2) is 4.79 Å². The van der Waals surface area contributed by atoms with Crippen LogP contribution in [-0.2, 0) is 14.4 Å². The Morgan fingerprint density at radius 2 is 1.60 bits per heavy atom. The Kier molecular flexibility index (Phi) is 10.1. The minimum atomic E-state index is -5.08. The van der Waals surface area contributed by atoms with Crippen LogP contribution in [0.5, 0.6) is 0 Å². The number of rotatable bonds is 5. The third-order valence-corrected chi connectivity index (χ3v) is 2.59. The second kappa shape index (κ2) is 9.59. The van der Waals surface area contributed by atoms with Gasteiger partial charge in [0.2, 0.25) is 5.12 Å². The molecule has 0 saturated carbocycles. The Labute approximate surface area is 117 Å². The van der Waals surface area contributed by atoms with Crippen LogP contribution in [0.25, 0.3) is 0 Å². The SMILES string of the molecule is CC(C)C[C@H](N)C(=O)SCC(=O)O.O=C(O)C(F)(F)F. The predicted octanol–water partition coefficient (Wildman–Crippen LogP) is 1.34. The summed E-state index contributed by atoms with van der Waals surface area (Å²) in [6.07, 6.45) is -4.48. The molecule has 0 radical (unpaired) electrons. The molecule has 0 spiro atoms. The summed E-state index contributed by atoms with van der Waals surface area (Å²) < 4.78 is 31.7. The van der Waals surface area contributed by atoms with Crippen LogP contribution in [0, 0.1) is 5.92 Å². The summed E-state index contributed by atoms with van der Waals surface area (Å²) in [4.78, 5) is 30.2. The maximum absolute atomic E-state index is 11.2. The lowest BCUT2D eigenvalue weighted by atomic mass is 10.1. The average Bonchev–Trinajstić information content (AvgIpc) is 2.24. The summed E-state index contributed by atoms with van der Waals surface area (Å²) in [6, 6.07) is -0.538. The first-order valence-corrected chi connectivity index (χ1v) is 6.30. The third kappa shape index (κ3) is 13.1. The van der Waals surface area contributed by atoms with E-state index in [1.54, 1.807) is 0 Å². The minimum absolute atomic E-state index is 0.204. The number of hydrogen-bond acceptors (Lipinski definition) is 5. The smallest absolute Gasteiger partial charge is 0.481 e. The van der Waals surface area contributed by atoms with Gasteiger partial charge in [0.25, 0.3) is 0 Å². The van der Waals surface area contributed by atoms with Crippen LogP contribution >= 0.6 is 11.8 Å². The molecule has 0 unspecified atom stereocenters. The van der Waals surface area contributed by atoms with Gasteiger partial charge >= 0.3 is 18.1 Å². The number of carbonyl (C=O) groups excluding carboxylic acids is 1. The number of aliphatic carboxylic acids is 2. The molecular formula is C10H16F3NO5S. The monoisotopic (exact) mass is 319 g/mol. The fourth-order valence-electron chi connectivity index (χ4n) is 0.844. The molecule has 0 aliphatic carbocycles. The zero-order valence-corrected chi connectivity index (χ0v) is 11.6. The van der Waals surface area contributed by atoms with Gasteiger partial charge in [0.15, 0.2) is 0 Å². The van der Waals surface area contributed by atoms with Crippen LogP contribution in [0.1, 0.15) is 20.3 Å². The first-order valence-electron chi connectivity index (χ1n) is 5.32. The molecule has 0 amide bonds. The molecule has 0 aromatic rings. The highest BCUT2D eigenvalue weighted by molar-refractivity contribution is 8.14. The Hall–Kier alpha value is -1.29. The standard InChI is InChI=1S/C8H15NO3S.C2HF3O2/c1-5(2)3-6(9)8(12)13-4-7(10)11;3-2(4,5)1(6)7/h5-6H,3-4,9H2,1-2H3,(H,10,11);(H,6,7)/t6-;/m0./s1. The van der Waals surface area contributed by atoms with Crippen molar-refractivity contribution in [2.75, 3.05) is 5.75 Å². The third-order valence-electron chi connectivity index (χ3n) is 1.61. The number of carboxylic acid groups (broad SMARTS) is 2. The van der Waals surface area contributed by atoms with Crippen molar-refractivity contribution in [3.63, 3.8) is 0 Å². The number of halogens is 3. The number of alkyl halides is 3. The van der Waals surface area contributed by atoms with Crippen LogP contribution in [-0.4, -0.2) is 45.2 Å². The van der Waals surface area contributed by atoms with Crippen LogP contribution in [0.4, 0.5) is 13.2 Å². The Morgan fingerprint density at radius 3 is 1.85 bits per heavy atom. The molecule has 20 heavy (non-hydrogen) atoms. The van der Waals surface area contributed by atoms with E-state index in [0.717, 1.165) is 11.8 Å². The van der Waals surface area contributed by atoms with Crippen LogP contribution in [0.15, 0.2) is 0 Å². The molecule has 0 saturated heterocycles. The molecule has 0 heterocycles. The lowest BCUT2D eigenvalue weighted by Gasteiger charge is -2.11. The lowest BCUT2D eigenvalue weighted by molar-refractivity contribution is -0.192. The molecule has 0 aromatic carbocycles. The van der Waals surface area contributed by atoms with Crippen molar-refractivity contribution >= 4 is 28.8 Å². The molecule has 118 valence electrons. The summed E-state index contributed by atoms with van der Waals surface area (Å²) >= 11 is 0.771.